The van der Waals surface area contributed by atoms with Gasteiger partial charge in [-0.15, -0.1) is 10.2 Å². The van der Waals surface area contributed by atoms with Crippen molar-refractivity contribution in [3.63, 3.8) is 0 Å². The molecule has 10 heteroatoms. The minimum atomic E-state index is -0.477. The highest BCUT2D eigenvalue weighted by molar-refractivity contribution is 7.99. The van der Waals surface area contributed by atoms with Crippen LogP contribution in [0.3, 0.4) is 0 Å². The molecule has 0 spiro atoms. The molecule has 0 radical (unpaired) electrons. The van der Waals surface area contributed by atoms with E-state index in [-0.39, 0.29) is 18.2 Å². The zero-order valence-electron chi connectivity index (χ0n) is 15.1. The van der Waals surface area contributed by atoms with E-state index in [4.69, 9.17) is 16.0 Å². The molecule has 0 bridgehead atoms. The predicted molar refractivity (Wildman–Crippen MR) is 104 cm³/mol. The maximum Gasteiger partial charge on any atom is 0.341 e. The van der Waals surface area contributed by atoms with Crippen LogP contribution in [0.1, 0.15) is 21.9 Å². The second-order valence-corrected chi connectivity index (χ2v) is 7.08. The first-order valence-corrected chi connectivity index (χ1v) is 9.57. The average Bonchev–Trinajstić information content (AvgIpc) is 3.30. The summed E-state index contributed by atoms with van der Waals surface area (Å²) < 4.78 is 11.9. The number of methoxy groups -OCH3 is 1. The fourth-order valence-electron chi connectivity index (χ4n) is 2.44. The number of ether oxygens (including phenoxy) is 1. The Morgan fingerprint density at radius 1 is 1.36 bits per heavy atom. The van der Waals surface area contributed by atoms with E-state index >= 15 is 0 Å². The quantitative estimate of drug-likeness (QED) is 0.463. The fourth-order valence-corrected chi connectivity index (χ4v) is 3.38. The first-order valence-electron chi connectivity index (χ1n) is 8.21. The molecule has 3 rings (SSSR count). The summed E-state index contributed by atoms with van der Waals surface area (Å²) in [5.74, 6) is 0.371. The van der Waals surface area contributed by atoms with Gasteiger partial charge in [-0.1, -0.05) is 29.4 Å². The molecule has 2 heterocycles. The first-order chi connectivity index (χ1) is 13.5. The normalized spacial score (nSPS) is 10.7. The number of hydrogen-bond acceptors (Lipinski definition) is 7. The molecule has 1 N–H and O–H groups in total. The molecular formula is C18H17ClN4O4S. The van der Waals surface area contributed by atoms with Gasteiger partial charge in [-0.05, 0) is 31.2 Å². The summed E-state index contributed by atoms with van der Waals surface area (Å²) in [6, 6.07) is 8.82. The van der Waals surface area contributed by atoms with Gasteiger partial charge in [-0.2, -0.15) is 0 Å². The molecule has 146 valence electrons. The van der Waals surface area contributed by atoms with Crippen molar-refractivity contribution < 1.29 is 18.7 Å². The zero-order valence-corrected chi connectivity index (χ0v) is 16.7. The molecule has 8 nitrogen and oxygen atoms in total. The van der Waals surface area contributed by atoms with Crippen LogP contribution in [0.4, 0.5) is 0 Å². The van der Waals surface area contributed by atoms with Gasteiger partial charge in [-0.25, -0.2) is 4.79 Å². The SMILES string of the molecule is COC(=O)c1cc(CNC(=O)CSc2nncn2-c2cccc(Cl)c2)oc1C. The third-order valence-corrected chi connectivity index (χ3v) is 4.95. The van der Waals surface area contributed by atoms with Gasteiger partial charge in [0, 0.05) is 5.02 Å². The van der Waals surface area contributed by atoms with Gasteiger partial charge < -0.3 is 14.5 Å². The number of rotatable bonds is 7. The molecule has 0 saturated heterocycles. The van der Waals surface area contributed by atoms with Crippen LogP contribution in [0.5, 0.6) is 0 Å². The van der Waals surface area contributed by atoms with E-state index < -0.39 is 5.97 Å². The average molecular weight is 421 g/mol. The second-order valence-electron chi connectivity index (χ2n) is 5.70. The fraction of sp³-hybridized carbons (Fsp3) is 0.222. The summed E-state index contributed by atoms with van der Waals surface area (Å²) in [4.78, 5) is 23.7. The maximum absolute atomic E-state index is 12.2. The molecule has 1 aromatic carbocycles. The number of thioether (sulfide) groups is 1. The van der Waals surface area contributed by atoms with Gasteiger partial charge in [0.15, 0.2) is 5.16 Å². The maximum atomic E-state index is 12.2. The lowest BCUT2D eigenvalue weighted by Gasteiger charge is -2.07. The van der Waals surface area contributed by atoms with Gasteiger partial charge in [0.1, 0.15) is 23.4 Å². The number of furan rings is 1. The largest absolute Gasteiger partial charge is 0.465 e. The molecule has 0 aliphatic rings. The van der Waals surface area contributed by atoms with Crippen LogP contribution >= 0.6 is 23.4 Å². The zero-order chi connectivity index (χ0) is 20.1. The van der Waals surface area contributed by atoms with Crippen molar-refractivity contribution in [2.75, 3.05) is 12.9 Å². The van der Waals surface area contributed by atoms with Gasteiger partial charge >= 0.3 is 5.97 Å². The smallest absolute Gasteiger partial charge is 0.341 e. The minimum absolute atomic E-state index is 0.142. The van der Waals surface area contributed by atoms with Crippen LogP contribution in [0.15, 0.2) is 46.2 Å². The third kappa shape index (κ3) is 4.73. The monoisotopic (exact) mass is 420 g/mol. The summed E-state index contributed by atoms with van der Waals surface area (Å²) in [5, 5.41) is 11.8. The number of aromatic nitrogens is 3. The number of halogens is 1. The van der Waals surface area contributed by atoms with Gasteiger partial charge in [-0.3, -0.25) is 9.36 Å². The second kappa shape index (κ2) is 8.94. The van der Waals surface area contributed by atoms with E-state index in [9.17, 15) is 9.59 Å². The van der Waals surface area contributed by atoms with E-state index in [2.05, 4.69) is 20.3 Å². The highest BCUT2D eigenvalue weighted by Crippen LogP contribution is 2.21. The molecule has 0 aliphatic carbocycles. The first kappa shape index (κ1) is 20.0. The van der Waals surface area contributed by atoms with Gasteiger partial charge in [0.25, 0.3) is 0 Å². The molecule has 2 aromatic heterocycles. The Labute approximate surface area is 170 Å². The number of esters is 1. The lowest BCUT2D eigenvalue weighted by molar-refractivity contribution is -0.118. The van der Waals surface area contributed by atoms with Crippen LogP contribution in [0.25, 0.3) is 5.69 Å². The van der Waals surface area contributed by atoms with E-state index in [1.165, 1.54) is 18.9 Å². The molecule has 0 fully saturated rings. The van der Waals surface area contributed by atoms with Crippen molar-refractivity contribution >= 4 is 35.2 Å². The topological polar surface area (TPSA) is 99.2 Å². The van der Waals surface area contributed by atoms with Crippen LogP contribution in [0.2, 0.25) is 5.02 Å². The molecule has 28 heavy (non-hydrogen) atoms. The Balaban J connectivity index is 1.56. The minimum Gasteiger partial charge on any atom is -0.465 e. The summed E-state index contributed by atoms with van der Waals surface area (Å²) in [7, 11) is 1.30. The predicted octanol–water partition coefficient (Wildman–Crippen LogP) is 3.02. The summed E-state index contributed by atoms with van der Waals surface area (Å²) in [6.07, 6.45) is 1.56. The van der Waals surface area contributed by atoms with Crippen molar-refractivity contribution in [3.05, 3.63) is 58.8 Å². The molecule has 0 saturated carbocycles. The van der Waals surface area contributed by atoms with Crippen molar-refractivity contribution in [2.45, 2.75) is 18.6 Å². The molecule has 0 atom stereocenters. The number of benzene rings is 1. The Morgan fingerprint density at radius 3 is 2.93 bits per heavy atom. The Kier molecular flexibility index (Phi) is 6.37. The third-order valence-electron chi connectivity index (χ3n) is 3.77. The molecule has 0 aliphatic heterocycles. The number of hydrogen-bond donors (Lipinski definition) is 1. The summed E-state index contributed by atoms with van der Waals surface area (Å²) in [6.45, 7) is 1.83. The van der Waals surface area contributed by atoms with E-state index in [1.807, 2.05) is 12.1 Å². The molecular weight excluding hydrogens is 404 g/mol. The highest BCUT2D eigenvalue weighted by atomic mass is 35.5. The van der Waals surface area contributed by atoms with Crippen molar-refractivity contribution in [1.82, 2.24) is 20.1 Å². The number of aryl methyl sites for hydroxylation is 1. The Hall–Kier alpha value is -2.78. The Morgan fingerprint density at radius 2 is 2.18 bits per heavy atom. The number of nitrogens with one attached hydrogen (secondary N) is 1. The summed E-state index contributed by atoms with van der Waals surface area (Å²) in [5.41, 5.74) is 1.15. The van der Waals surface area contributed by atoms with Crippen LogP contribution in [-0.2, 0) is 16.1 Å². The van der Waals surface area contributed by atoms with Crippen LogP contribution in [-0.4, -0.2) is 39.5 Å². The number of carbonyl (C=O) groups excluding carboxylic acids is 2. The number of nitrogens with zero attached hydrogens (tertiary/aromatic N) is 3. The number of amides is 1. The van der Waals surface area contributed by atoms with Crippen LogP contribution < -0.4 is 5.32 Å². The van der Waals surface area contributed by atoms with Gasteiger partial charge in [0.2, 0.25) is 5.91 Å². The van der Waals surface area contributed by atoms with Crippen molar-refractivity contribution in [3.8, 4) is 5.69 Å². The Bertz CT molecular complexity index is 1000. The lowest BCUT2D eigenvalue weighted by Crippen LogP contribution is -2.24. The van der Waals surface area contributed by atoms with Gasteiger partial charge in [0.05, 0.1) is 25.1 Å². The molecule has 0 unspecified atom stereocenters. The molecule has 3 aromatic rings. The standard InChI is InChI=1S/C18H17ClN4O4S/c1-11-15(17(25)26-2)7-14(27-11)8-20-16(24)9-28-18-22-21-10-23(18)13-5-3-4-12(19)6-13/h3-7,10H,8-9H2,1-2H3,(H,20,24). The van der Waals surface area contributed by atoms with E-state index in [0.717, 1.165) is 5.69 Å². The van der Waals surface area contributed by atoms with Crippen molar-refractivity contribution in [1.29, 1.82) is 0 Å². The molecule has 1 amide bonds. The van der Waals surface area contributed by atoms with Crippen LogP contribution in [0, 0.1) is 6.92 Å². The number of carbonyl (C=O) groups is 2. The summed E-state index contributed by atoms with van der Waals surface area (Å²) >= 11 is 7.26. The highest BCUT2D eigenvalue weighted by Gasteiger charge is 2.16. The lowest BCUT2D eigenvalue weighted by atomic mass is 10.2. The van der Waals surface area contributed by atoms with E-state index in [1.54, 1.807) is 36.0 Å². The van der Waals surface area contributed by atoms with Crippen molar-refractivity contribution in [2.24, 2.45) is 0 Å². The van der Waals surface area contributed by atoms with E-state index in [0.29, 0.717) is 27.3 Å².